The van der Waals surface area contributed by atoms with E-state index in [1.807, 2.05) is 0 Å². The molecule has 0 aliphatic heterocycles. The third-order valence-electron chi connectivity index (χ3n) is 5.81. The summed E-state index contributed by atoms with van der Waals surface area (Å²) in [5, 5.41) is 11.1. The number of hydrogen-bond acceptors (Lipinski definition) is 2. The van der Waals surface area contributed by atoms with Crippen LogP contribution in [-0.4, -0.2) is 16.5 Å². The number of carbonyl (C=O) groups excluding carboxylic acids is 1. The summed E-state index contributed by atoms with van der Waals surface area (Å²) in [6.45, 7) is 2.20. The van der Waals surface area contributed by atoms with Crippen LogP contribution in [0.5, 0.6) is 0 Å². The Morgan fingerprint density at radius 1 is 1.24 bits per heavy atom. The van der Waals surface area contributed by atoms with Gasteiger partial charge in [0.2, 0.25) is 0 Å². The molecule has 0 aromatic rings. The smallest absolute Gasteiger partial charge is 0.142 e. The molecule has 1 N–H and O–H groups in total. The first-order valence-corrected chi connectivity index (χ1v) is 7.44. The Kier molecular flexibility index (Phi) is 2.81. The number of Topliss-reactive ketones (excluding diaryl/α,β-unsaturated/α-hetero) is 1. The van der Waals surface area contributed by atoms with E-state index in [0.29, 0.717) is 17.6 Å². The highest BCUT2D eigenvalue weighted by atomic mass is 16.3. The van der Waals surface area contributed by atoms with Gasteiger partial charge in [-0.25, -0.2) is 0 Å². The monoisotopic (exact) mass is 236 g/mol. The van der Waals surface area contributed by atoms with Crippen molar-refractivity contribution in [1.82, 2.24) is 0 Å². The summed E-state index contributed by atoms with van der Waals surface area (Å²) >= 11 is 0. The summed E-state index contributed by atoms with van der Waals surface area (Å²) in [6, 6.07) is 0. The van der Waals surface area contributed by atoms with Crippen molar-refractivity contribution in [1.29, 1.82) is 0 Å². The van der Waals surface area contributed by atoms with Gasteiger partial charge >= 0.3 is 0 Å². The molecule has 3 fully saturated rings. The molecule has 0 aromatic carbocycles. The van der Waals surface area contributed by atoms with Crippen LogP contribution in [0.3, 0.4) is 0 Å². The van der Waals surface area contributed by atoms with E-state index in [-0.39, 0.29) is 11.8 Å². The van der Waals surface area contributed by atoms with Crippen LogP contribution in [0.4, 0.5) is 0 Å². The largest absolute Gasteiger partial charge is 0.389 e. The minimum Gasteiger partial charge on any atom is -0.389 e. The van der Waals surface area contributed by atoms with Gasteiger partial charge in [-0.15, -0.1) is 0 Å². The molecule has 2 nitrogen and oxygen atoms in total. The first-order valence-electron chi connectivity index (χ1n) is 7.44. The Bertz CT molecular complexity index is 325. The van der Waals surface area contributed by atoms with Crippen molar-refractivity contribution in [3.8, 4) is 0 Å². The van der Waals surface area contributed by atoms with Crippen LogP contribution < -0.4 is 0 Å². The van der Waals surface area contributed by atoms with Crippen LogP contribution in [0.25, 0.3) is 0 Å². The predicted octanol–water partition coefficient (Wildman–Crippen LogP) is 2.93. The number of fused-ring (bicyclic) bond motifs is 4. The fourth-order valence-corrected chi connectivity index (χ4v) is 5.08. The van der Waals surface area contributed by atoms with Crippen LogP contribution in [0.2, 0.25) is 0 Å². The number of hydrogen-bond donors (Lipinski definition) is 1. The van der Waals surface area contributed by atoms with Crippen molar-refractivity contribution in [2.45, 2.75) is 63.9 Å². The Morgan fingerprint density at radius 2 is 2.06 bits per heavy atom. The maximum Gasteiger partial charge on any atom is 0.142 e. The zero-order valence-corrected chi connectivity index (χ0v) is 10.8. The van der Waals surface area contributed by atoms with E-state index >= 15 is 0 Å². The molecule has 0 saturated heterocycles. The van der Waals surface area contributed by atoms with E-state index in [0.717, 1.165) is 44.9 Å². The van der Waals surface area contributed by atoms with Crippen LogP contribution in [0.1, 0.15) is 58.3 Å². The highest BCUT2D eigenvalue weighted by Gasteiger charge is 2.58. The van der Waals surface area contributed by atoms with Gasteiger partial charge in [-0.2, -0.15) is 0 Å². The summed E-state index contributed by atoms with van der Waals surface area (Å²) in [4.78, 5) is 12.5. The molecule has 96 valence electrons. The Labute approximate surface area is 104 Å². The Morgan fingerprint density at radius 3 is 2.82 bits per heavy atom. The fraction of sp³-hybridized carbons (Fsp3) is 0.933. The average Bonchev–Trinajstić information content (AvgIpc) is 2.32. The highest BCUT2D eigenvalue weighted by Crippen LogP contribution is 2.55. The molecule has 0 aromatic heterocycles. The lowest BCUT2D eigenvalue weighted by molar-refractivity contribution is -0.181. The summed E-state index contributed by atoms with van der Waals surface area (Å²) < 4.78 is 0. The molecule has 0 unspecified atom stereocenters. The molecule has 3 rings (SSSR count). The molecule has 2 heteroatoms. The van der Waals surface area contributed by atoms with E-state index < -0.39 is 5.60 Å². The van der Waals surface area contributed by atoms with Gasteiger partial charge in [0.25, 0.3) is 0 Å². The third-order valence-corrected chi connectivity index (χ3v) is 5.81. The molecule has 3 aliphatic carbocycles. The zero-order chi connectivity index (χ0) is 12.0. The maximum absolute atomic E-state index is 12.5. The molecular formula is C15H24O2. The standard InChI is InChI=1S/C15H24O2/c1-2-10-11-6-5-8-13(14(11)16)15(17)9-4-3-7-12(10)15/h10-13,17H,2-9H2,1H3/t10-,11-,12+,13+,15+/m1/s1. The second-order valence-corrected chi connectivity index (χ2v) is 6.41. The molecule has 0 spiro atoms. The van der Waals surface area contributed by atoms with Gasteiger partial charge < -0.3 is 5.11 Å². The summed E-state index contributed by atoms with van der Waals surface area (Å²) in [5.41, 5.74) is -0.632. The lowest BCUT2D eigenvalue weighted by atomic mass is 9.50. The number of ketones is 1. The molecule has 3 aliphatic rings. The second kappa shape index (κ2) is 4.08. The van der Waals surface area contributed by atoms with E-state index in [1.54, 1.807) is 0 Å². The van der Waals surface area contributed by atoms with Gasteiger partial charge in [-0.3, -0.25) is 4.79 Å². The second-order valence-electron chi connectivity index (χ2n) is 6.41. The Hall–Kier alpha value is -0.370. The number of rotatable bonds is 1. The maximum atomic E-state index is 12.5. The minimum atomic E-state index is -0.632. The van der Waals surface area contributed by atoms with Crippen molar-refractivity contribution in [3.05, 3.63) is 0 Å². The van der Waals surface area contributed by atoms with Crippen molar-refractivity contribution in [2.75, 3.05) is 0 Å². The molecule has 0 heterocycles. The van der Waals surface area contributed by atoms with E-state index in [4.69, 9.17) is 0 Å². The Balaban J connectivity index is 2.00. The van der Waals surface area contributed by atoms with Gasteiger partial charge in [0.05, 0.1) is 5.60 Å². The van der Waals surface area contributed by atoms with Crippen molar-refractivity contribution >= 4 is 5.78 Å². The molecule has 0 amide bonds. The van der Waals surface area contributed by atoms with Gasteiger partial charge in [-0.05, 0) is 37.5 Å². The van der Waals surface area contributed by atoms with Crippen LogP contribution >= 0.6 is 0 Å². The molecular weight excluding hydrogens is 212 g/mol. The summed E-state index contributed by atoms with van der Waals surface area (Å²) in [7, 11) is 0. The van der Waals surface area contributed by atoms with E-state index in [1.165, 1.54) is 6.42 Å². The normalized spacial score (nSPS) is 49.9. The molecule has 5 atom stereocenters. The first kappa shape index (κ1) is 11.7. The number of carbonyl (C=O) groups is 1. The third kappa shape index (κ3) is 1.53. The lowest BCUT2D eigenvalue weighted by Gasteiger charge is -2.56. The number of aliphatic hydroxyl groups is 1. The molecule has 17 heavy (non-hydrogen) atoms. The molecule has 3 saturated carbocycles. The van der Waals surface area contributed by atoms with Crippen molar-refractivity contribution in [3.63, 3.8) is 0 Å². The molecule has 0 radical (unpaired) electrons. The predicted molar refractivity (Wildman–Crippen MR) is 66.5 cm³/mol. The summed E-state index contributed by atoms with van der Waals surface area (Å²) in [5.74, 6) is 1.54. The van der Waals surface area contributed by atoms with Crippen LogP contribution in [0.15, 0.2) is 0 Å². The van der Waals surface area contributed by atoms with Gasteiger partial charge in [0.1, 0.15) is 5.78 Å². The quantitative estimate of drug-likeness (QED) is 0.760. The lowest BCUT2D eigenvalue weighted by Crippen LogP contribution is -2.61. The van der Waals surface area contributed by atoms with Crippen molar-refractivity contribution in [2.24, 2.45) is 23.7 Å². The zero-order valence-electron chi connectivity index (χ0n) is 10.8. The first-order chi connectivity index (χ1) is 8.18. The summed E-state index contributed by atoms with van der Waals surface area (Å²) in [6.07, 6.45) is 8.61. The van der Waals surface area contributed by atoms with Crippen LogP contribution in [-0.2, 0) is 4.79 Å². The fourth-order valence-electron chi connectivity index (χ4n) is 5.08. The topological polar surface area (TPSA) is 37.3 Å². The molecule has 2 bridgehead atoms. The minimum absolute atomic E-state index is 0.0191. The van der Waals surface area contributed by atoms with Crippen LogP contribution in [0, 0.1) is 23.7 Å². The van der Waals surface area contributed by atoms with Gasteiger partial charge in [0.15, 0.2) is 0 Å². The van der Waals surface area contributed by atoms with E-state index in [9.17, 15) is 9.90 Å². The SMILES string of the molecule is CC[C@@H]1[C@H]2CCC[C@@H](C2=O)[C@]2(O)CCCC[C@@H]12. The van der Waals surface area contributed by atoms with Gasteiger partial charge in [-0.1, -0.05) is 32.6 Å². The van der Waals surface area contributed by atoms with E-state index in [2.05, 4.69) is 6.92 Å². The van der Waals surface area contributed by atoms with Gasteiger partial charge in [0, 0.05) is 11.8 Å². The highest BCUT2D eigenvalue weighted by molar-refractivity contribution is 5.86. The average molecular weight is 236 g/mol. The van der Waals surface area contributed by atoms with Crippen molar-refractivity contribution < 1.29 is 9.90 Å².